The van der Waals surface area contributed by atoms with Crippen LogP contribution in [0, 0.1) is 0 Å². The zero-order chi connectivity index (χ0) is 15.0. The SMILES string of the molecule is C(=C\[C@@H](NC1CCCCC1)c1ccccc1)/c1ccccc1. The molecule has 1 atom stereocenters. The summed E-state index contributed by atoms with van der Waals surface area (Å²) in [5.74, 6) is 0. The van der Waals surface area contributed by atoms with Crippen molar-refractivity contribution in [3.8, 4) is 0 Å². The van der Waals surface area contributed by atoms with Gasteiger partial charge in [-0.25, -0.2) is 0 Å². The van der Waals surface area contributed by atoms with Crippen molar-refractivity contribution in [3.05, 3.63) is 77.9 Å². The third-order valence-corrected chi connectivity index (χ3v) is 4.46. The Labute approximate surface area is 134 Å². The van der Waals surface area contributed by atoms with Crippen LogP contribution in [0.3, 0.4) is 0 Å². The van der Waals surface area contributed by atoms with E-state index in [4.69, 9.17) is 0 Å². The molecule has 0 radical (unpaired) electrons. The van der Waals surface area contributed by atoms with E-state index >= 15 is 0 Å². The molecule has 0 spiro atoms. The van der Waals surface area contributed by atoms with Gasteiger partial charge in [-0.15, -0.1) is 0 Å². The quantitative estimate of drug-likeness (QED) is 0.781. The second kappa shape index (κ2) is 7.95. The maximum atomic E-state index is 3.86. The molecule has 22 heavy (non-hydrogen) atoms. The minimum absolute atomic E-state index is 0.296. The highest BCUT2D eigenvalue weighted by Gasteiger charge is 2.17. The van der Waals surface area contributed by atoms with Crippen LogP contribution in [0.25, 0.3) is 6.08 Å². The van der Waals surface area contributed by atoms with Gasteiger partial charge in [0.2, 0.25) is 0 Å². The van der Waals surface area contributed by atoms with Crippen molar-refractivity contribution in [2.24, 2.45) is 0 Å². The van der Waals surface area contributed by atoms with Crippen LogP contribution in [-0.2, 0) is 0 Å². The van der Waals surface area contributed by atoms with E-state index < -0.39 is 0 Å². The predicted octanol–water partition coefficient (Wildman–Crippen LogP) is 5.36. The molecular weight excluding hydrogens is 266 g/mol. The number of hydrogen-bond donors (Lipinski definition) is 1. The first kappa shape index (κ1) is 15.1. The summed E-state index contributed by atoms with van der Waals surface area (Å²) >= 11 is 0. The highest BCUT2D eigenvalue weighted by molar-refractivity contribution is 5.50. The van der Waals surface area contributed by atoms with Crippen LogP contribution in [0.2, 0.25) is 0 Å². The molecule has 0 amide bonds. The maximum absolute atomic E-state index is 3.86. The van der Waals surface area contributed by atoms with Crippen molar-refractivity contribution in [2.45, 2.75) is 44.2 Å². The Hall–Kier alpha value is -1.86. The van der Waals surface area contributed by atoms with Crippen molar-refractivity contribution in [1.82, 2.24) is 5.32 Å². The van der Waals surface area contributed by atoms with Gasteiger partial charge in [-0.3, -0.25) is 0 Å². The van der Waals surface area contributed by atoms with Gasteiger partial charge in [-0.2, -0.15) is 0 Å². The topological polar surface area (TPSA) is 12.0 Å². The maximum Gasteiger partial charge on any atom is 0.0511 e. The molecule has 1 saturated carbocycles. The summed E-state index contributed by atoms with van der Waals surface area (Å²) in [6, 6.07) is 22.3. The van der Waals surface area contributed by atoms with Crippen LogP contribution < -0.4 is 5.32 Å². The van der Waals surface area contributed by atoms with Crippen LogP contribution in [0.4, 0.5) is 0 Å². The normalized spacial score (nSPS) is 17.6. The van der Waals surface area contributed by atoms with E-state index in [1.165, 1.54) is 43.2 Å². The Balaban J connectivity index is 1.75. The first-order chi connectivity index (χ1) is 10.9. The van der Waals surface area contributed by atoms with Crippen LogP contribution in [0.1, 0.15) is 49.3 Å². The summed E-state index contributed by atoms with van der Waals surface area (Å²) in [7, 11) is 0. The Morgan fingerprint density at radius 3 is 2.14 bits per heavy atom. The van der Waals surface area contributed by atoms with Crippen LogP contribution in [-0.4, -0.2) is 6.04 Å². The van der Waals surface area contributed by atoms with Crippen LogP contribution in [0.5, 0.6) is 0 Å². The fourth-order valence-electron chi connectivity index (χ4n) is 3.22. The smallest absolute Gasteiger partial charge is 0.0511 e. The van der Waals surface area contributed by atoms with Crippen LogP contribution in [0.15, 0.2) is 66.7 Å². The second-order valence-corrected chi connectivity index (χ2v) is 6.16. The second-order valence-electron chi connectivity index (χ2n) is 6.16. The van der Waals surface area contributed by atoms with E-state index in [0.717, 1.165) is 0 Å². The molecule has 1 aliphatic carbocycles. The molecule has 1 N–H and O–H groups in total. The van der Waals surface area contributed by atoms with E-state index in [-0.39, 0.29) is 0 Å². The largest absolute Gasteiger partial charge is 0.304 e. The van der Waals surface area contributed by atoms with E-state index in [0.29, 0.717) is 12.1 Å². The minimum atomic E-state index is 0.296. The molecule has 114 valence electrons. The zero-order valence-corrected chi connectivity index (χ0v) is 13.1. The Kier molecular flexibility index (Phi) is 5.44. The Morgan fingerprint density at radius 1 is 0.818 bits per heavy atom. The molecule has 0 aromatic heterocycles. The lowest BCUT2D eigenvalue weighted by atomic mass is 9.93. The van der Waals surface area contributed by atoms with Gasteiger partial charge in [-0.1, -0.05) is 92.1 Å². The minimum Gasteiger partial charge on any atom is -0.304 e. The van der Waals surface area contributed by atoms with Crippen molar-refractivity contribution >= 4 is 6.08 Å². The number of hydrogen-bond acceptors (Lipinski definition) is 1. The van der Waals surface area contributed by atoms with Gasteiger partial charge in [-0.05, 0) is 24.0 Å². The number of benzene rings is 2. The Bertz CT molecular complexity index is 567. The molecule has 1 nitrogen and oxygen atoms in total. The van der Waals surface area contributed by atoms with E-state index in [1.54, 1.807) is 0 Å². The van der Waals surface area contributed by atoms with Gasteiger partial charge in [0.1, 0.15) is 0 Å². The molecule has 1 heteroatoms. The highest BCUT2D eigenvalue weighted by Crippen LogP contribution is 2.23. The molecule has 0 aliphatic heterocycles. The Morgan fingerprint density at radius 2 is 1.45 bits per heavy atom. The molecule has 3 rings (SSSR count). The molecule has 0 saturated heterocycles. The van der Waals surface area contributed by atoms with Crippen molar-refractivity contribution in [1.29, 1.82) is 0 Å². The van der Waals surface area contributed by atoms with Crippen molar-refractivity contribution in [3.63, 3.8) is 0 Å². The first-order valence-corrected chi connectivity index (χ1v) is 8.46. The average molecular weight is 291 g/mol. The molecule has 1 fully saturated rings. The lowest BCUT2D eigenvalue weighted by Crippen LogP contribution is -2.33. The summed E-state index contributed by atoms with van der Waals surface area (Å²) in [5.41, 5.74) is 2.61. The van der Waals surface area contributed by atoms with E-state index in [9.17, 15) is 0 Å². The highest BCUT2D eigenvalue weighted by atomic mass is 14.9. The van der Waals surface area contributed by atoms with E-state index in [1.807, 2.05) is 0 Å². The lowest BCUT2D eigenvalue weighted by Gasteiger charge is -2.27. The van der Waals surface area contributed by atoms with E-state index in [2.05, 4.69) is 78.1 Å². The van der Waals surface area contributed by atoms with Crippen molar-refractivity contribution < 1.29 is 0 Å². The molecule has 2 aromatic carbocycles. The molecule has 1 aliphatic rings. The molecule has 0 heterocycles. The summed E-state index contributed by atoms with van der Waals surface area (Å²) in [5, 5.41) is 3.86. The average Bonchev–Trinajstić information content (AvgIpc) is 2.61. The van der Waals surface area contributed by atoms with Crippen molar-refractivity contribution in [2.75, 3.05) is 0 Å². The van der Waals surface area contributed by atoms with Gasteiger partial charge >= 0.3 is 0 Å². The molecule has 0 unspecified atom stereocenters. The van der Waals surface area contributed by atoms with Gasteiger partial charge in [0.25, 0.3) is 0 Å². The molecule has 0 bridgehead atoms. The fourth-order valence-corrected chi connectivity index (χ4v) is 3.22. The van der Waals surface area contributed by atoms with Gasteiger partial charge < -0.3 is 5.32 Å². The number of rotatable bonds is 5. The van der Waals surface area contributed by atoms with Gasteiger partial charge in [0, 0.05) is 6.04 Å². The standard InChI is InChI=1S/C21H25N/c1-4-10-18(11-5-1)16-17-21(19-12-6-2-7-13-19)22-20-14-8-3-9-15-20/h1-2,4-7,10-13,16-17,20-22H,3,8-9,14-15H2/b17-16+/t21-/m1/s1. The van der Waals surface area contributed by atoms with Gasteiger partial charge in [0.05, 0.1) is 6.04 Å². The number of nitrogens with one attached hydrogen (secondary N) is 1. The van der Waals surface area contributed by atoms with Crippen LogP contribution >= 0.6 is 0 Å². The zero-order valence-electron chi connectivity index (χ0n) is 13.1. The summed E-state index contributed by atoms with van der Waals surface area (Å²) < 4.78 is 0. The summed E-state index contributed by atoms with van der Waals surface area (Å²) in [6.07, 6.45) is 11.3. The first-order valence-electron chi connectivity index (χ1n) is 8.46. The summed E-state index contributed by atoms with van der Waals surface area (Å²) in [4.78, 5) is 0. The lowest BCUT2D eigenvalue weighted by molar-refractivity contribution is 0.358. The third kappa shape index (κ3) is 4.32. The summed E-state index contributed by atoms with van der Waals surface area (Å²) in [6.45, 7) is 0. The third-order valence-electron chi connectivity index (χ3n) is 4.46. The molecular formula is C21H25N. The monoisotopic (exact) mass is 291 g/mol. The fraction of sp³-hybridized carbons (Fsp3) is 0.333. The van der Waals surface area contributed by atoms with Gasteiger partial charge in [0.15, 0.2) is 0 Å². The predicted molar refractivity (Wildman–Crippen MR) is 94.7 cm³/mol. The molecule has 2 aromatic rings.